The van der Waals surface area contributed by atoms with E-state index >= 15 is 0 Å². The van der Waals surface area contributed by atoms with Crippen LogP contribution in [-0.4, -0.2) is 15.2 Å². The molecule has 0 saturated heterocycles. The third-order valence-corrected chi connectivity index (χ3v) is 3.99. The summed E-state index contributed by atoms with van der Waals surface area (Å²) in [4.78, 5) is 4.20. The quantitative estimate of drug-likeness (QED) is 0.511. The van der Waals surface area contributed by atoms with Crippen molar-refractivity contribution in [2.75, 3.05) is 0 Å². The number of phenolic OH excluding ortho intramolecular Hbond substituents is 2. The molecule has 4 rings (SSSR count). The van der Waals surface area contributed by atoms with Crippen molar-refractivity contribution in [2.45, 2.75) is 39.7 Å². The van der Waals surface area contributed by atoms with Crippen molar-refractivity contribution in [3.8, 4) is 11.5 Å². The van der Waals surface area contributed by atoms with Crippen LogP contribution in [0.2, 0.25) is 0 Å². The smallest absolute Gasteiger partial charge is 0.335 e. The zero-order valence-electron chi connectivity index (χ0n) is 15.3. The number of aromatic hydroxyl groups is 2. The highest BCUT2D eigenvalue weighted by Crippen LogP contribution is 2.27. The molecule has 0 aliphatic rings. The van der Waals surface area contributed by atoms with Crippen LogP contribution >= 0.6 is 0 Å². The third-order valence-electron chi connectivity index (χ3n) is 3.99. The minimum atomic E-state index is 0.174. The topological polar surface area (TPSA) is 83.5 Å². The van der Waals surface area contributed by atoms with Crippen LogP contribution in [0.4, 0.5) is 0 Å². The molecule has 0 fully saturated rings. The molecule has 0 atom stereocenters. The van der Waals surface area contributed by atoms with Gasteiger partial charge in [-0.3, -0.25) is 0 Å². The number of hydrogen-bond donors (Lipinski definition) is 2. The number of nitrogens with zero attached hydrogens (tertiary/aromatic N) is 2. The number of phenols is 2. The van der Waals surface area contributed by atoms with Gasteiger partial charge in [-0.15, -0.1) is 0 Å². The predicted molar refractivity (Wildman–Crippen MR) is 98.2 cm³/mol. The molecule has 0 spiro atoms. The minimum Gasteiger partial charge on any atom is -0.506 e. The Morgan fingerprint density at radius 2 is 1.58 bits per heavy atom. The highest BCUT2D eigenvalue weighted by atomic mass is 16.4. The molecule has 2 aromatic heterocycles. The van der Waals surface area contributed by atoms with E-state index in [-0.39, 0.29) is 23.5 Å². The average molecular weight is 355 g/mol. The van der Waals surface area contributed by atoms with Crippen LogP contribution in [0.3, 0.4) is 0 Å². The maximum Gasteiger partial charge on any atom is 0.335 e. The molecule has 0 unspecified atom stereocenters. The molecule has 0 bridgehead atoms. The van der Waals surface area contributed by atoms with Gasteiger partial charge in [0.15, 0.2) is 28.8 Å². The van der Waals surface area contributed by atoms with Crippen molar-refractivity contribution in [3.05, 3.63) is 48.7 Å². The number of fused-ring (bicyclic) bond motifs is 2. The summed E-state index contributed by atoms with van der Waals surface area (Å²) in [5.74, 6) is 1.34. The second kappa shape index (κ2) is 7.07. The van der Waals surface area contributed by atoms with Crippen LogP contribution in [0.5, 0.6) is 11.5 Å². The fourth-order valence-corrected chi connectivity index (χ4v) is 2.61. The summed E-state index contributed by atoms with van der Waals surface area (Å²) in [6.07, 6.45) is 1.63. The van der Waals surface area contributed by atoms with Gasteiger partial charge in [0.05, 0.1) is 0 Å². The highest BCUT2D eigenvalue weighted by molar-refractivity contribution is 5.79. The Labute approximate surface area is 151 Å². The summed E-state index contributed by atoms with van der Waals surface area (Å²) in [7, 11) is 0. The number of aromatic nitrogens is 2. The Kier molecular flexibility index (Phi) is 4.84. The normalized spacial score (nSPS) is 11.3. The first-order valence-corrected chi connectivity index (χ1v) is 8.57. The molecule has 0 saturated carbocycles. The van der Waals surface area contributed by atoms with Crippen molar-refractivity contribution in [1.82, 2.24) is 4.98 Å². The molecule has 4 aromatic rings. The highest BCUT2D eigenvalue weighted by Gasteiger charge is 2.19. The summed E-state index contributed by atoms with van der Waals surface area (Å²) in [5.41, 5.74) is 2.67. The van der Waals surface area contributed by atoms with Crippen LogP contribution in [0.1, 0.15) is 45.5 Å². The molecule has 2 N–H and O–H groups in total. The standard InChI is InChI=1S/2C10H11NO2/c1-7(2)11-6-13-9-5-3-4-8(12)10(9)11;1-6(2)10-11-9-7(12)4-3-5-8(9)13-10/h3-7H,1-2H3;3-6,12H,1-2H3/p+1. The van der Waals surface area contributed by atoms with E-state index < -0.39 is 0 Å². The van der Waals surface area contributed by atoms with Gasteiger partial charge in [0.1, 0.15) is 5.75 Å². The van der Waals surface area contributed by atoms with E-state index in [4.69, 9.17) is 8.83 Å². The van der Waals surface area contributed by atoms with E-state index in [1.54, 1.807) is 36.7 Å². The lowest BCUT2D eigenvalue weighted by Gasteiger charge is -1.96. The first-order chi connectivity index (χ1) is 12.4. The summed E-state index contributed by atoms with van der Waals surface area (Å²) < 4.78 is 12.6. The number of hydrogen-bond acceptors (Lipinski definition) is 5. The van der Waals surface area contributed by atoms with E-state index in [2.05, 4.69) is 4.98 Å². The molecule has 6 heteroatoms. The second-order valence-electron chi connectivity index (χ2n) is 6.68. The first-order valence-electron chi connectivity index (χ1n) is 8.57. The zero-order chi connectivity index (χ0) is 18.8. The van der Waals surface area contributed by atoms with Gasteiger partial charge in [0.2, 0.25) is 5.58 Å². The minimum absolute atomic E-state index is 0.174. The van der Waals surface area contributed by atoms with Gasteiger partial charge in [-0.2, -0.15) is 4.57 Å². The van der Waals surface area contributed by atoms with Crippen molar-refractivity contribution >= 4 is 22.2 Å². The van der Waals surface area contributed by atoms with Gasteiger partial charge in [0, 0.05) is 5.92 Å². The van der Waals surface area contributed by atoms with Gasteiger partial charge in [-0.25, -0.2) is 4.98 Å². The van der Waals surface area contributed by atoms with Crippen LogP contribution < -0.4 is 4.57 Å². The van der Waals surface area contributed by atoms with Crippen LogP contribution in [0.25, 0.3) is 22.2 Å². The van der Waals surface area contributed by atoms with Gasteiger partial charge >= 0.3 is 6.39 Å². The summed E-state index contributed by atoms with van der Waals surface area (Å²) >= 11 is 0. The second-order valence-corrected chi connectivity index (χ2v) is 6.68. The third kappa shape index (κ3) is 3.35. The van der Waals surface area contributed by atoms with E-state index in [9.17, 15) is 10.2 Å². The number of rotatable bonds is 2. The van der Waals surface area contributed by atoms with Crippen LogP contribution in [0, 0.1) is 0 Å². The molecule has 2 heterocycles. The lowest BCUT2D eigenvalue weighted by atomic mass is 10.2. The van der Waals surface area contributed by atoms with Crippen molar-refractivity contribution < 1.29 is 23.6 Å². The SMILES string of the molecule is CC(C)[n+]1coc2cccc(O)c21.CC(C)c1nc2c(O)cccc2o1. The van der Waals surface area contributed by atoms with Crippen LogP contribution in [0.15, 0.2) is 51.6 Å². The van der Waals surface area contributed by atoms with Gasteiger partial charge in [-0.1, -0.05) is 26.0 Å². The summed E-state index contributed by atoms with van der Waals surface area (Å²) in [6.45, 7) is 8.09. The fraction of sp³-hybridized carbons (Fsp3) is 0.300. The molecule has 0 amide bonds. The van der Waals surface area contributed by atoms with Gasteiger partial charge in [0.25, 0.3) is 5.52 Å². The predicted octanol–water partition coefficient (Wildman–Crippen LogP) is 4.66. The Morgan fingerprint density at radius 3 is 2.19 bits per heavy atom. The lowest BCUT2D eigenvalue weighted by Crippen LogP contribution is -2.33. The van der Waals surface area contributed by atoms with Crippen molar-refractivity contribution in [1.29, 1.82) is 0 Å². The summed E-state index contributed by atoms with van der Waals surface area (Å²) in [6, 6.07) is 10.7. The molecule has 2 aromatic carbocycles. The molecule has 26 heavy (non-hydrogen) atoms. The average Bonchev–Trinajstić information content (AvgIpc) is 3.21. The largest absolute Gasteiger partial charge is 0.506 e. The van der Waals surface area contributed by atoms with E-state index in [1.807, 2.05) is 38.3 Å². The molecule has 0 aliphatic heterocycles. The molecule has 0 aliphatic carbocycles. The molecule has 136 valence electrons. The lowest BCUT2D eigenvalue weighted by molar-refractivity contribution is -0.696. The summed E-state index contributed by atoms with van der Waals surface area (Å²) in [5, 5.41) is 19.1. The number of oxazole rings is 2. The monoisotopic (exact) mass is 355 g/mol. The number of benzene rings is 2. The van der Waals surface area contributed by atoms with E-state index in [1.165, 1.54) is 0 Å². The maximum absolute atomic E-state index is 9.61. The maximum atomic E-state index is 9.61. The Balaban J connectivity index is 0.000000151. The van der Waals surface area contributed by atoms with Gasteiger partial charge < -0.3 is 19.0 Å². The number of para-hydroxylation sites is 2. The Morgan fingerprint density at radius 1 is 0.923 bits per heavy atom. The van der Waals surface area contributed by atoms with Crippen molar-refractivity contribution in [3.63, 3.8) is 0 Å². The van der Waals surface area contributed by atoms with E-state index in [0.29, 0.717) is 22.6 Å². The van der Waals surface area contributed by atoms with Gasteiger partial charge in [-0.05, 0) is 38.1 Å². The molecular formula is C20H23N2O4+. The van der Waals surface area contributed by atoms with Crippen molar-refractivity contribution in [2.24, 2.45) is 0 Å². The Bertz CT molecular complexity index is 1020. The zero-order valence-corrected chi connectivity index (χ0v) is 15.3. The molecular weight excluding hydrogens is 332 g/mol. The Hall–Kier alpha value is -3.02. The van der Waals surface area contributed by atoms with E-state index in [0.717, 1.165) is 5.52 Å². The molecule has 6 nitrogen and oxygen atoms in total. The fourth-order valence-electron chi connectivity index (χ4n) is 2.61. The van der Waals surface area contributed by atoms with Crippen LogP contribution in [-0.2, 0) is 0 Å². The first kappa shape index (κ1) is 17.8. The molecule has 0 radical (unpaired) electrons.